The van der Waals surface area contributed by atoms with Gasteiger partial charge >= 0.3 is 0 Å². The molecular weight excluding hydrogens is 369 g/mol. The van der Waals surface area contributed by atoms with E-state index in [1.54, 1.807) is 0 Å². The zero-order valence-electron chi connectivity index (χ0n) is 14.2. The number of fused-ring (bicyclic) bond motifs is 1. The first-order valence-electron chi connectivity index (χ1n) is 8.48. The molecule has 1 aromatic heterocycles. The van der Waals surface area contributed by atoms with Crippen molar-refractivity contribution in [2.75, 3.05) is 5.32 Å². The van der Waals surface area contributed by atoms with E-state index in [0.717, 1.165) is 35.5 Å². The van der Waals surface area contributed by atoms with Crippen molar-refractivity contribution in [3.05, 3.63) is 69.3 Å². The minimum Gasteiger partial charge on any atom is -0.338 e. The lowest BCUT2D eigenvalue weighted by Crippen LogP contribution is -2.13. The number of anilines is 2. The van der Waals surface area contributed by atoms with Gasteiger partial charge < -0.3 is 5.32 Å². The lowest BCUT2D eigenvalue weighted by Gasteiger charge is -2.14. The van der Waals surface area contributed by atoms with Crippen LogP contribution in [0.25, 0.3) is 5.69 Å². The Balaban J connectivity index is 1.83. The van der Waals surface area contributed by atoms with Crippen LogP contribution in [0, 0.1) is 6.92 Å². The Morgan fingerprint density at radius 2 is 1.85 bits per heavy atom. The minimum atomic E-state index is 0.119. The van der Waals surface area contributed by atoms with Crippen LogP contribution in [0.4, 0.5) is 11.5 Å². The number of nitrogens with one attached hydrogen (secondary N) is 1. The summed E-state index contributed by atoms with van der Waals surface area (Å²) in [6, 6.07) is 13.1. The Morgan fingerprint density at radius 1 is 1.08 bits per heavy atom. The molecule has 0 atom stereocenters. The molecule has 1 heterocycles. The number of hydrogen-bond donors (Lipinski definition) is 1. The highest BCUT2D eigenvalue weighted by molar-refractivity contribution is 6.31. The third kappa shape index (κ3) is 3.00. The lowest BCUT2D eigenvalue weighted by molar-refractivity contribution is 0.0973. The number of carbonyl (C=O) groups excluding carboxylic acids is 1. The van der Waals surface area contributed by atoms with Crippen LogP contribution in [0.3, 0.4) is 0 Å². The predicted molar refractivity (Wildman–Crippen MR) is 105 cm³/mol. The summed E-state index contributed by atoms with van der Waals surface area (Å²) in [7, 11) is 0. The molecule has 1 N–H and O–H groups in total. The average Bonchev–Trinajstić information content (AvgIpc) is 2.99. The molecular formula is C20H17Cl2N3O. The van der Waals surface area contributed by atoms with Gasteiger partial charge in [-0.3, -0.25) is 4.79 Å². The van der Waals surface area contributed by atoms with Crippen molar-refractivity contribution in [2.24, 2.45) is 0 Å². The summed E-state index contributed by atoms with van der Waals surface area (Å²) in [5.41, 5.74) is 4.26. The van der Waals surface area contributed by atoms with Gasteiger partial charge in [0.25, 0.3) is 0 Å². The number of Topliss-reactive ketones (excluding diaryl/α,β-unsaturated/α-hetero) is 1. The molecule has 0 unspecified atom stereocenters. The highest BCUT2D eigenvalue weighted by Crippen LogP contribution is 2.33. The number of halogens is 2. The van der Waals surface area contributed by atoms with Gasteiger partial charge in [0.05, 0.1) is 16.9 Å². The van der Waals surface area contributed by atoms with Crippen molar-refractivity contribution >= 4 is 40.5 Å². The number of aromatic nitrogens is 2. The first-order chi connectivity index (χ1) is 12.5. The maximum Gasteiger partial charge on any atom is 0.168 e. The zero-order valence-corrected chi connectivity index (χ0v) is 15.7. The van der Waals surface area contributed by atoms with E-state index in [9.17, 15) is 4.79 Å². The molecule has 0 radical (unpaired) electrons. The van der Waals surface area contributed by atoms with Crippen molar-refractivity contribution in [2.45, 2.75) is 26.2 Å². The molecule has 0 aliphatic heterocycles. The number of carbonyl (C=O) groups is 1. The SMILES string of the molecule is Cc1c(Cl)cccc1Nc1nn(-c2ccc(Cl)cc2)c2c1C(=O)CCC2. The Morgan fingerprint density at radius 3 is 2.62 bits per heavy atom. The maximum absolute atomic E-state index is 12.6. The van der Waals surface area contributed by atoms with Crippen LogP contribution in [0.5, 0.6) is 0 Å². The molecule has 1 aliphatic rings. The average molecular weight is 386 g/mol. The molecule has 0 bridgehead atoms. The van der Waals surface area contributed by atoms with E-state index >= 15 is 0 Å². The molecule has 4 rings (SSSR count). The summed E-state index contributed by atoms with van der Waals surface area (Å²) in [5.74, 6) is 0.693. The third-order valence-electron chi connectivity index (χ3n) is 4.67. The van der Waals surface area contributed by atoms with Crippen molar-refractivity contribution in [1.29, 1.82) is 0 Å². The largest absolute Gasteiger partial charge is 0.338 e. The van der Waals surface area contributed by atoms with Gasteiger partial charge in [-0.25, -0.2) is 4.68 Å². The van der Waals surface area contributed by atoms with Gasteiger partial charge in [-0.2, -0.15) is 0 Å². The second kappa shape index (κ2) is 6.78. The molecule has 26 heavy (non-hydrogen) atoms. The highest BCUT2D eigenvalue weighted by atomic mass is 35.5. The normalized spacial score (nSPS) is 13.6. The Bertz CT molecular complexity index is 993. The van der Waals surface area contributed by atoms with E-state index < -0.39 is 0 Å². The van der Waals surface area contributed by atoms with Crippen LogP contribution in [0.15, 0.2) is 42.5 Å². The van der Waals surface area contributed by atoms with Gasteiger partial charge in [0.2, 0.25) is 0 Å². The molecule has 0 amide bonds. The quantitative estimate of drug-likeness (QED) is 0.624. The summed E-state index contributed by atoms with van der Waals surface area (Å²) in [4.78, 5) is 12.6. The summed E-state index contributed by atoms with van der Waals surface area (Å²) in [6.07, 6.45) is 2.19. The van der Waals surface area contributed by atoms with Crippen LogP contribution in [0.1, 0.15) is 34.5 Å². The number of rotatable bonds is 3. The second-order valence-electron chi connectivity index (χ2n) is 6.37. The van der Waals surface area contributed by atoms with Gasteiger partial charge in [0, 0.05) is 22.2 Å². The number of nitrogens with zero attached hydrogens (tertiary/aromatic N) is 2. The fourth-order valence-electron chi connectivity index (χ4n) is 3.27. The first-order valence-corrected chi connectivity index (χ1v) is 9.23. The Labute approximate surface area is 161 Å². The second-order valence-corrected chi connectivity index (χ2v) is 7.22. The summed E-state index contributed by atoms with van der Waals surface area (Å²) < 4.78 is 1.84. The summed E-state index contributed by atoms with van der Waals surface area (Å²) >= 11 is 12.2. The Kier molecular flexibility index (Phi) is 4.47. The van der Waals surface area contributed by atoms with Crippen LogP contribution in [0.2, 0.25) is 10.0 Å². The molecule has 2 aromatic carbocycles. The van der Waals surface area contributed by atoms with Crippen molar-refractivity contribution < 1.29 is 4.79 Å². The highest BCUT2D eigenvalue weighted by Gasteiger charge is 2.28. The third-order valence-corrected chi connectivity index (χ3v) is 5.33. The summed E-state index contributed by atoms with van der Waals surface area (Å²) in [5, 5.41) is 9.36. The lowest BCUT2D eigenvalue weighted by atomic mass is 9.95. The van der Waals surface area contributed by atoms with Crippen molar-refractivity contribution in [3.8, 4) is 5.69 Å². The molecule has 132 valence electrons. The van der Waals surface area contributed by atoms with E-state index in [1.807, 2.05) is 54.1 Å². The monoisotopic (exact) mass is 385 g/mol. The van der Waals surface area contributed by atoms with Crippen LogP contribution in [-0.2, 0) is 6.42 Å². The molecule has 0 spiro atoms. The molecule has 4 nitrogen and oxygen atoms in total. The maximum atomic E-state index is 12.6. The molecule has 0 saturated carbocycles. The molecule has 0 saturated heterocycles. The minimum absolute atomic E-state index is 0.119. The van der Waals surface area contributed by atoms with E-state index in [4.69, 9.17) is 28.3 Å². The van der Waals surface area contributed by atoms with E-state index in [1.165, 1.54) is 0 Å². The zero-order chi connectivity index (χ0) is 18.3. The molecule has 3 aromatic rings. The van der Waals surface area contributed by atoms with Crippen LogP contribution in [-0.4, -0.2) is 15.6 Å². The number of hydrogen-bond acceptors (Lipinski definition) is 3. The van der Waals surface area contributed by atoms with Gasteiger partial charge in [-0.05, 0) is 61.7 Å². The topological polar surface area (TPSA) is 46.9 Å². The smallest absolute Gasteiger partial charge is 0.168 e. The fraction of sp³-hybridized carbons (Fsp3) is 0.200. The fourth-order valence-corrected chi connectivity index (χ4v) is 3.57. The van der Waals surface area contributed by atoms with Gasteiger partial charge in [-0.15, -0.1) is 5.10 Å². The molecule has 1 aliphatic carbocycles. The summed E-state index contributed by atoms with van der Waals surface area (Å²) in [6.45, 7) is 1.94. The van der Waals surface area contributed by atoms with Crippen LogP contribution >= 0.6 is 23.2 Å². The van der Waals surface area contributed by atoms with E-state index in [0.29, 0.717) is 27.8 Å². The van der Waals surface area contributed by atoms with Crippen molar-refractivity contribution in [1.82, 2.24) is 9.78 Å². The molecule has 0 fully saturated rings. The first kappa shape index (κ1) is 17.1. The van der Waals surface area contributed by atoms with Crippen LogP contribution < -0.4 is 5.32 Å². The van der Waals surface area contributed by atoms with Gasteiger partial charge in [-0.1, -0.05) is 29.3 Å². The van der Waals surface area contributed by atoms with Gasteiger partial charge in [0.15, 0.2) is 11.6 Å². The van der Waals surface area contributed by atoms with Crippen molar-refractivity contribution in [3.63, 3.8) is 0 Å². The van der Waals surface area contributed by atoms with E-state index in [2.05, 4.69) is 5.32 Å². The predicted octanol–water partition coefficient (Wildman–Crippen LogP) is 5.75. The Hall–Kier alpha value is -2.30. The van der Waals surface area contributed by atoms with Gasteiger partial charge in [0.1, 0.15) is 0 Å². The number of benzene rings is 2. The number of ketones is 1. The van der Waals surface area contributed by atoms with E-state index in [-0.39, 0.29) is 5.78 Å². The molecule has 6 heteroatoms. The standard InChI is InChI=1S/C20H17Cl2N3O/c1-12-15(22)4-2-5-16(12)23-20-19-17(6-3-7-18(19)26)25(24-20)14-10-8-13(21)9-11-14/h2,4-5,8-11H,3,6-7H2,1H3,(H,23,24).